The molecule has 8 aromatic carbocycles. The Morgan fingerprint density at radius 1 is 0.388 bits per heavy atom. The van der Waals surface area contributed by atoms with E-state index in [1.807, 2.05) is 11.3 Å². The molecule has 0 N–H and O–H groups in total. The zero-order chi connectivity index (χ0) is 32.3. The number of anilines is 3. The third-order valence-electron chi connectivity index (χ3n) is 9.66. The Balaban J connectivity index is 1.24. The molecule has 0 saturated carbocycles. The number of hydrogen-bond donors (Lipinski definition) is 0. The van der Waals surface area contributed by atoms with E-state index in [-0.39, 0.29) is 0 Å². The van der Waals surface area contributed by atoms with Crippen molar-refractivity contribution in [1.82, 2.24) is 0 Å². The Morgan fingerprint density at radius 3 is 1.82 bits per heavy atom. The van der Waals surface area contributed by atoms with Crippen LogP contribution >= 0.6 is 11.3 Å². The monoisotopic (exact) mass is 643 g/mol. The lowest BCUT2D eigenvalue weighted by Gasteiger charge is -2.26. The Hall–Kier alpha value is -6.16. The summed E-state index contributed by atoms with van der Waals surface area (Å²) >= 11 is 1.85. The van der Waals surface area contributed by atoms with Crippen LogP contribution in [0, 0.1) is 0 Å². The maximum atomic E-state index is 6.75. The van der Waals surface area contributed by atoms with Gasteiger partial charge >= 0.3 is 0 Å². The maximum Gasteiger partial charge on any atom is 0.137 e. The first-order chi connectivity index (χ1) is 24.3. The van der Waals surface area contributed by atoms with Crippen LogP contribution in [0.5, 0.6) is 0 Å². The van der Waals surface area contributed by atoms with Crippen LogP contribution in [0.25, 0.3) is 75.1 Å². The van der Waals surface area contributed by atoms with Gasteiger partial charge in [-0.05, 0) is 81.6 Å². The first kappa shape index (κ1) is 27.9. The SMILES string of the molecule is c1ccc(-c2ccc(N(c3ccc4c(c3)sc3ccccc34)c3cccc4oc5cc(-c6ccccc6)c6ccccc6c5c34)cc2)cc1. The Kier molecular flexibility index (Phi) is 6.39. The van der Waals surface area contributed by atoms with Crippen molar-refractivity contribution in [3.63, 3.8) is 0 Å². The second kappa shape index (κ2) is 11.2. The topological polar surface area (TPSA) is 16.4 Å². The van der Waals surface area contributed by atoms with Gasteiger partial charge < -0.3 is 9.32 Å². The highest BCUT2D eigenvalue weighted by Crippen LogP contribution is 2.47. The quantitative estimate of drug-likeness (QED) is 0.186. The van der Waals surface area contributed by atoms with Gasteiger partial charge in [0.1, 0.15) is 11.2 Å². The van der Waals surface area contributed by atoms with Gasteiger partial charge in [-0.3, -0.25) is 0 Å². The molecule has 0 aliphatic rings. The molecule has 0 radical (unpaired) electrons. The first-order valence-corrected chi connectivity index (χ1v) is 17.4. The van der Waals surface area contributed by atoms with Crippen LogP contribution in [-0.4, -0.2) is 0 Å². The van der Waals surface area contributed by atoms with E-state index in [4.69, 9.17) is 4.42 Å². The highest BCUT2D eigenvalue weighted by Gasteiger charge is 2.22. The van der Waals surface area contributed by atoms with Crippen molar-refractivity contribution in [1.29, 1.82) is 0 Å². The Morgan fingerprint density at radius 2 is 1.02 bits per heavy atom. The van der Waals surface area contributed by atoms with Crippen molar-refractivity contribution < 1.29 is 4.42 Å². The Bertz CT molecular complexity index is 2810. The third-order valence-corrected chi connectivity index (χ3v) is 10.8. The van der Waals surface area contributed by atoms with Gasteiger partial charge in [0.15, 0.2) is 0 Å². The molecule has 0 aliphatic heterocycles. The fourth-order valence-corrected chi connectivity index (χ4v) is 8.56. The highest BCUT2D eigenvalue weighted by atomic mass is 32.1. The van der Waals surface area contributed by atoms with Crippen molar-refractivity contribution in [3.8, 4) is 22.3 Å². The van der Waals surface area contributed by atoms with Gasteiger partial charge in [0.2, 0.25) is 0 Å². The molecule has 0 bridgehead atoms. The maximum absolute atomic E-state index is 6.75. The average molecular weight is 644 g/mol. The van der Waals surface area contributed by atoms with Crippen molar-refractivity contribution in [3.05, 3.63) is 176 Å². The standard InChI is InChI=1S/C46H29NOS/c1-3-12-30(13-4-1)31-22-24-33(25-23-31)47(34-26-27-37-36-17-9-10-21-43(36)49-44(37)28-34)40-19-11-20-41-46(40)45-38-18-8-7-16-35(38)39(29-42(45)48-41)32-14-5-2-6-15-32/h1-29H. The normalized spacial score (nSPS) is 11.7. The molecule has 2 aromatic heterocycles. The fraction of sp³-hybridized carbons (Fsp3) is 0. The summed E-state index contributed by atoms with van der Waals surface area (Å²) in [4.78, 5) is 2.40. The summed E-state index contributed by atoms with van der Waals surface area (Å²) in [5.74, 6) is 0. The number of benzene rings is 8. The molecule has 0 saturated heterocycles. The summed E-state index contributed by atoms with van der Waals surface area (Å²) in [6.45, 7) is 0. The van der Waals surface area contributed by atoms with Gasteiger partial charge in [0.25, 0.3) is 0 Å². The van der Waals surface area contributed by atoms with Gasteiger partial charge in [0, 0.05) is 36.9 Å². The summed E-state index contributed by atoms with van der Waals surface area (Å²) in [5, 5.41) is 7.23. The summed E-state index contributed by atoms with van der Waals surface area (Å²) in [6, 6.07) is 63.1. The molecule has 0 atom stereocenters. The van der Waals surface area contributed by atoms with Crippen LogP contribution in [0.1, 0.15) is 0 Å². The van der Waals surface area contributed by atoms with Crippen LogP contribution in [0.15, 0.2) is 180 Å². The summed E-state index contributed by atoms with van der Waals surface area (Å²) in [7, 11) is 0. The van der Waals surface area contributed by atoms with Gasteiger partial charge in [-0.1, -0.05) is 127 Å². The summed E-state index contributed by atoms with van der Waals surface area (Å²) < 4.78 is 9.32. The van der Waals surface area contributed by atoms with Crippen molar-refractivity contribution in [2.45, 2.75) is 0 Å². The number of fused-ring (bicyclic) bond motifs is 8. The molecular weight excluding hydrogens is 615 g/mol. The smallest absolute Gasteiger partial charge is 0.137 e. The second-order valence-corrected chi connectivity index (χ2v) is 13.6. The largest absolute Gasteiger partial charge is 0.456 e. The molecule has 49 heavy (non-hydrogen) atoms. The molecule has 0 fully saturated rings. The van der Waals surface area contributed by atoms with Crippen molar-refractivity contribution in [2.24, 2.45) is 0 Å². The molecule has 0 spiro atoms. The van der Waals surface area contributed by atoms with Crippen molar-refractivity contribution >= 4 is 81.3 Å². The predicted octanol–water partition coefficient (Wildman–Crippen LogP) is 13.9. The minimum Gasteiger partial charge on any atom is -0.456 e. The molecule has 0 unspecified atom stereocenters. The van der Waals surface area contributed by atoms with E-state index in [0.717, 1.165) is 39.0 Å². The minimum atomic E-state index is 0.872. The molecule has 2 heterocycles. The van der Waals surface area contributed by atoms with E-state index in [1.165, 1.54) is 53.2 Å². The molecular formula is C46H29NOS. The molecule has 230 valence electrons. The van der Waals surface area contributed by atoms with Crippen LogP contribution in [0.2, 0.25) is 0 Å². The lowest BCUT2D eigenvalue weighted by Crippen LogP contribution is -2.10. The average Bonchev–Trinajstić information content (AvgIpc) is 3.74. The Labute approximate surface area is 287 Å². The van der Waals surface area contributed by atoms with E-state index >= 15 is 0 Å². The van der Waals surface area contributed by atoms with Gasteiger partial charge in [-0.25, -0.2) is 0 Å². The van der Waals surface area contributed by atoms with Crippen molar-refractivity contribution in [2.75, 3.05) is 4.90 Å². The van der Waals surface area contributed by atoms with E-state index < -0.39 is 0 Å². The van der Waals surface area contributed by atoms with Crippen LogP contribution in [0.4, 0.5) is 17.1 Å². The van der Waals surface area contributed by atoms with E-state index in [0.29, 0.717) is 0 Å². The number of rotatable bonds is 5. The van der Waals surface area contributed by atoms with E-state index in [9.17, 15) is 0 Å². The fourth-order valence-electron chi connectivity index (χ4n) is 7.42. The lowest BCUT2D eigenvalue weighted by atomic mass is 9.94. The van der Waals surface area contributed by atoms with Crippen LogP contribution in [-0.2, 0) is 0 Å². The molecule has 0 aliphatic carbocycles. The van der Waals surface area contributed by atoms with Gasteiger partial charge in [-0.15, -0.1) is 11.3 Å². The van der Waals surface area contributed by atoms with Gasteiger partial charge in [-0.2, -0.15) is 0 Å². The molecule has 2 nitrogen and oxygen atoms in total. The van der Waals surface area contributed by atoms with Crippen LogP contribution in [0.3, 0.4) is 0 Å². The zero-order valence-corrected chi connectivity index (χ0v) is 27.3. The van der Waals surface area contributed by atoms with Crippen LogP contribution < -0.4 is 4.90 Å². The van der Waals surface area contributed by atoms with E-state index in [1.54, 1.807) is 0 Å². The zero-order valence-electron chi connectivity index (χ0n) is 26.5. The minimum absolute atomic E-state index is 0.872. The first-order valence-electron chi connectivity index (χ1n) is 16.6. The second-order valence-electron chi connectivity index (χ2n) is 12.5. The lowest BCUT2D eigenvalue weighted by molar-refractivity contribution is 0.669. The van der Waals surface area contributed by atoms with E-state index in [2.05, 4.69) is 181 Å². The predicted molar refractivity (Wildman–Crippen MR) is 210 cm³/mol. The third kappa shape index (κ3) is 4.55. The number of thiophene rings is 1. The molecule has 0 amide bonds. The summed E-state index contributed by atoms with van der Waals surface area (Å²) in [6.07, 6.45) is 0. The summed E-state index contributed by atoms with van der Waals surface area (Å²) in [5.41, 5.74) is 9.79. The molecule has 10 aromatic rings. The highest BCUT2D eigenvalue weighted by molar-refractivity contribution is 7.25. The number of nitrogens with zero attached hydrogens (tertiary/aromatic N) is 1. The number of hydrogen-bond acceptors (Lipinski definition) is 3. The van der Waals surface area contributed by atoms with Gasteiger partial charge in [0.05, 0.1) is 11.1 Å². The number of furan rings is 1. The molecule has 3 heteroatoms. The molecule has 10 rings (SSSR count).